The molecule has 0 saturated heterocycles. The first-order valence-corrected chi connectivity index (χ1v) is 3.97. The predicted molar refractivity (Wildman–Crippen MR) is 52.2 cm³/mol. The first-order valence-electron chi connectivity index (χ1n) is 3.97. The molecule has 0 aliphatic carbocycles. The maximum Gasteiger partial charge on any atom is 0.159 e. The maximum absolute atomic E-state index is 12.8. The highest BCUT2D eigenvalue weighted by molar-refractivity contribution is 5.64. The van der Waals surface area contributed by atoms with Gasteiger partial charge in [-0.15, -0.1) is 0 Å². The molecule has 1 aromatic rings. The third-order valence-corrected chi connectivity index (χ3v) is 1.73. The molecule has 1 aromatic carbocycles. The molecule has 1 nitrogen and oxygen atoms in total. The van der Waals surface area contributed by atoms with Crippen molar-refractivity contribution in [2.75, 3.05) is 6.54 Å². The van der Waals surface area contributed by atoms with Crippen LogP contribution in [0.5, 0.6) is 0 Å². The average Bonchev–Trinajstić information content (AvgIpc) is 2.18. The Bertz CT molecular complexity index is 391. The smallest absolute Gasteiger partial charge is 0.159 e. The fourth-order valence-corrected chi connectivity index (χ4v) is 0.976. The van der Waals surface area contributed by atoms with Crippen LogP contribution in [-0.4, -0.2) is 6.54 Å². The minimum atomic E-state index is -0.885. The van der Waals surface area contributed by atoms with E-state index in [1.165, 1.54) is 6.07 Å². The van der Waals surface area contributed by atoms with Crippen molar-refractivity contribution < 1.29 is 8.78 Å². The normalized spacial score (nSPS) is 9.21. The van der Waals surface area contributed by atoms with Crippen LogP contribution in [0.3, 0.4) is 0 Å². The van der Waals surface area contributed by atoms with Crippen molar-refractivity contribution in [3.05, 3.63) is 42.0 Å². The van der Waals surface area contributed by atoms with Gasteiger partial charge in [0.2, 0.25) is 0 Å². The van der Waals surface area contributed by atoms with Crippen molar-refractivity contribution in [2.24, 2.45) is 0 Å². The van der Waals surface area contributed by atoms with Gasteiger partial charge in [0.15, 0.2) is 11.6 Å². The van der Waals surface area contributed by atoms with Crippen LogP contribution in [-0.2, 0) is 0 Å². The van der Waals surface area contributed by atoms with Crippen LogP contribution >= 0.6 is 0 Å². The molecule has 0 aliphatic rings. The fourth-order valence-electron chi connectivity index (χ4n) is 0.976. The zero-order valence-electron chi connectivity index (χ0n) is 7.48. The molecular weight excluding hydrogens is 184 g/mol. The molecule has 1 N–H and O–H groups in total. The summed E-state index contributed by atoms with van der Waals surface area (Å²) in [5, 5.41) is 2.59. The second-order valence-electron chi connectivity index (χ2n) is 2.73. The number of hydrogen-bond donors (Lipinski definition) is 1. The summed E-state index contributed by atoms with van der Waals surface area (Å²) in [6, 6.07) is 5.83. The first-order chi connectivity index (χ1) is 6.65. The van der Waals surface area contributed by atoms with E-state index in [0.717, 1.165) is 12.1 Å². The maximum atomic E-state index is 12.8. The summed E-state index contributed by atoms with van der Waals surface area (Å²) in [5.41, 5.74) is 1.15. The van der Waals surface area contributed by atoms with E-state index in [1.807, 2.05) is 0 Å². The number of halogens is 2. The van der Waals surface area contributed by atoms with Crippen molar-refractivity contribution in [1.29, 1.82) is 0 Å². The van der Waals surface area contributed by atoms with Crippen LogP contribution in [0.25, 0.3) is 5.57 Å². The molecule has 3 heteroatoms. The number of rotatable bonds is 3. The van der Waals surface area contributed by atoms with Crippen LogP contribution in [0.15, 0.2) is 24.8 Å². The van der Waals surface area contributed by atoms with Crippen molar-refractivity contribution in [3.8, 4) is 12.5 Å². The van der Waals surface area contributed by atoms with Gasteiger partial charge in [0.05, 0.1) is 0 Å². The molecule has 0 fully saturated rings. The zero-order valence-corrected chi connectivity index (χ0v) is 7.48. The highest BCUT2D eigenvalue weighted by Gasteiger charge is 2.04. The molecule has 0 unspecified atom stereocenters. The van der Waals surface area contributed by atoms with Crippen LogP contribution in [0.4, 0.5) is 8.78 Å². The minimum Gasteiger partial charge on any atom is -0.342 e. The number of hydrogen-bond acceptors (Lipinski definition) is 1. The van der Waals surface area contributed by atoms with Gasteiger partial charge >= 0.3 is 0 Å². The molecule has 0 heterocycles. The summed E-state index contributed by atoms with van der Waals surface area (Å²) >= 11 is 0. The van der Waals surface area contributed by atoms with E-state index in [-0.39, 0.29) is 0 Å². The minimum absolute atomic E-state index is 0.349. The predicted octanol–water partition coefficient (Wildman–Crippen LogP) is 2.16. The van der Waals surface area contributed by atoms with Gasteiger partial charge in [-0.1, -0.05) is 19.1 Å². The molecule has 0 atom stereocenters. The lowest BCUT2D eigenvalue weighted by Gasteiger charge is -2.04. The number of nitrogens with one attached hydrogen (secondary N) is 1. The van der Waals surface area contributed by atoms with E-state index < -0.39 is 11.6 Å². The Hall–Kier alpha value is -1.82. The topological polar surface area (TPSA) is 12.0 Å². The molecule has 0 spiro atoms. The quantitative estimate of drug-likeness (QED) is 0.573. The Morgan fingerprint density at radius 2 is 2.14 bits per heavy atom. The molecule has 0 saturated carbocycles. The fraction of sp³-hybridized carbons (Fsp3) is 0.0909. The van der Waals surface area contributed by atoms with Crippen LogP contribution in [0, 0.1) is 24.1 Å². The highest BCUT2D eigenvalue weighted by Crippen LogP contribution is 2.15. The Balaban J connectivity index is 2.82. The van der Waals surface area contributed by atoms with Crippen LogP contribution in [0.2, 0.25) is 0 Å². The lowest BCUT2D eigenvalue weighted by molar-refractivity contribution is 0.508. The van der Waals surface area contributed by atoms with E-state index in [9.17, 15) is 8.78 Å². The molecule has 1 rings (SSSR count). The van der Waals surface area contributed by atoms with E-state index in [0.29, 0.717) is 17.7 Å². The van der Waals surface area contributed by atoms with Gasteiger partial charge in [0.25, 0.3) is 0 Å². The SMILES string of the molecule is C#CNCC(=C)c1ccc(F)c(F)c1. The highest BCUT2D eigenvalue weighted by atomic mass is 19.2. The Kier molecular flexibility index (Phi) is 3.24. The van der Waals surface area contributed by atoms with Gasteiger partial charge in [0.1, 0.15) is 0 Å². The second kappa shape index (κ2) is 4.43. The third kappa shape index (κ3) is 2.33. The molecule has 14 heavy (non-hydrogen) atoms. The average molecular weight is 193 g/mol. The zero-order chi connectivity index (χ0) is 10.6. The van der Waals surface area contributed by atoms with Gasteiger partial charge in [-0.3, -0.25) is 0 Å². The Labute approximate surface area is 81.4 Å². The summed E-state index contributed by atoms with van der Waals surface area (Å²) in [7, 11) is 0. The second-order valence-corrected chi connectivity index (χ2v) is 2.73. The van der Waals surface area contributed by atoms with E-state index in [1.54, 1.807) is 0 Å². The van der Waals surface area contributed by atoms with Gasteiger partial charge in [0, 0.05) is 12.6 Å². The van der Waals surface area contributed by atoms with Gasteiger partial charge in [-0.25, -0.2) is 8.78 Å². The molecule has 0 aromatic heterocycles. The Morgan fingerprint density at radius 3 is 2.71 bits per heavy atom. The van der Waals surface area contributed by atoms with Crippen LogP contribution < -0.4 is 5.32 Å². The molecule has 72 valence electrons. The van der Waals surface area contributed by atoms with Crippen molar-refractivity contribution >= 4 is 5.57 Å². The van der Waals surface area contributed by atoms with E-state index in [2.05, 4.69) is 17.9 Å². The van der Waals surface area contributed by atoms with Crippen molar-refractivity contribution in [1.82, 2.24) is 5.32 Å². The lowest BCUT2D eigenvalue weighted by atomic mass is 10.1. The number of terminal acetylenes is 1. The van der Waals surface area contributed by atoms with Crippen molar-refractivity contribution in [3.63, 3.8) is 0 Å². The molecule has 0 aliphatic heterocycles. The lowest BCUT2D eigenvalue weighted by Crippen LogP contribution is -2.08. The monoisotopic (exact) mass is 193 g/mol. The standard InChI is InChI=1S/C11H9F2N/c1-3-14-7-8(2)9-4-5-10(12)11(13)6-9/h1,4-6,14H,2,7H2. The number of benzene rings is 1. The van der Waals surface area contributed by atoms with Gasteiger partial charge in [-0.2, -0.15) is 0 Å². The summed E-state index contributed by atoms with van der Waals surface area (Å²) in [6.45, 7) is 4.03. The van der Waals surface area contributed by atoms with E-state index in [4.69, 9.17) is 6.42 Å². The summed E-state index contributed by atoms with van der Waals surface area (Å²) in [6.07, 6.45) is 4.97. The third-order valence-electron chi connectivity index (χ3n) is 1.73. The molecule has 0 radical (unpaired) electrons. The van der Waals surface area contributed by atoms with Gasteiger partial charge in [-0.05, 0) is 23.3 Å². The van der Waals surface area contributed by atoms with E-state index >= 15 is 0 Å². The van der Waals surface area contributed by atoms with Crippen LogP contribution in [0.1, 0.15) is 5.56 Å². The largest absolute Gasteiger partial charge is 0.342 e. The van der Waals surface area contributed by atoms with Gasteiger partial charge < -0.3 is 5.32 Å². The molecule has 0 bridgehead atoms. The molecule has 0 amide bonds. The first kappa shape index (κ1) is 10.3. The Morgan fingerprint density at radius 1 is 1.43 bits per heavy atom. The molecular formula is C11H9F2N. The summed E-state index contributed by atoms with van der Waals surface area (Å²) < 4.78 is 25.3. The summed E-state index contributed by atoms with van der Waals surface area (Å²) in [5.74, 6) is -1.75. The van der Waals surface area contributed by atoms with Crippen molar-refractivity contribution in [2.45, 2.75) is 0 Å². The summed E-state index contributed by atoms with van der Waals surface area (Å²) in [4.78, 5) is 0.